The Labute approximate surface area is 114 Å². The number of benzene rings is 1. The van der Waals surface area contributed by atoms with E-state index in [2.05, 4.69) is 24.8 Å². The van der Waals surface area contributed by atoms with Crippen LogP contribution < -0.4 is 11.5 Å². The summed E-state index contributed by atoms with van der Waals surface area (Å²) in [5.41, 5.74) is 14.6. The molecule has 0 aliphatic heterocycles. The summed E-state index contributed by atoms with van der Waals surface area (Å²) in [6.07, 6.45) is 2.07. The van der Waals surface area contributed by atoms with Crippen LogP contribution in [0.15, 0.2) is 18.2 Å². The molecule has 1 atom stereocenters. The van der Waals surface area contributed by atoms with Crippen LogP contribution >= 0.6 is 0 Å². The van der Waals surface area contributed by atoms with Gasteiger partial charge >= 0.3 is 0 Å². The second-order valence-electron chi connectivity index (χ2n) is 5.80. The number of nitrogens with zero attached hydrogens (tertiary/aromatic N) is 1. The highest BCUT2D eigenvalue weighted by Gasteiger charge is 2.29. The van der Waals surface area contributed by atoms with Crippen molar-refractivity contribution in [3.63, 3.8) is 0 Å². The maximum atomic E-state index is 11.3. The molecule has 1 aromatic carbocycles. The largest absolute Gasteiger partial charge is 0.399 e. The molecule has 2 rings (SSSR count). The lowest BCUT2D eigenvalue weighted by Gasteiger charge is -2.30. The smallest absolute Gasteiger partial charge is 0.231 e. The Bertz CT molecular complexity index is 470. The number of anilines is 1. The van der Waals surface area contributed by atoms with Crippen LogP contribution in [0.1, 0.15) is 37.4 Å². The molecule has 19 heavy (non-hydrogen) atoms. The molecular weight excluding hydrogens is 238 g/mol. The van der Waals surface area contributed by atoms with Crippen molar-refractivity contribution in [1.82, 2.24) is 4.90 Å². The first kappa shape index (κ1) is 13.9. The number of hydrogen-bond acceptors (Lipinski definition) is 3. The van der Waals surface area contributed by atoms with Gasteiger partial charge in [0, 0.05) is 18.3 Å². The second-order valence-corrected chi connectivity index (χ2v) is 5.80. The maximum Gasteiger partial charge on any atom is 0.231 e. The van der Waals surface area contributed by atoms with Gasteiger partial charge < -0.3 is 11.5 Å². The first-order valence-electron chi connectivity index (χ1n) is 6.88. The van der Waals surface area contributed by atoms with E-state index in [0.29, 0.717) is 18.5 Å². The van der Waals surface area contributed by atoms with Crippen molar-refractivity contribution < 1.29 is 4.79 Å². The molecule has 0 saturated heterocycles. The minimum absolute atomic E-state index is 0.260. The summed E-state index contributed by atoms with van der Waals surface area (Å²) in [5, 5.41) is 0. The van der Waals surface area contributed by atoms with E-state index >= 15 is 0 Å². The first-order valence-corrected chi connectivity index (χ1v) is 6.88. The number of rotatable bonds is 5. The van der Waals surface area contributed by atoms with Crippen LogP contribution in [0.3, 0.4) is 0 Å². The highest BCUT2D eigenvalue weighted by atomic mass is 16.1. The molecule has 0 aromatic heterocycles. The number of nitrogens with two attached hydrogens (primary N) is 2. The summed E-state index contributed by atoms with van der Waals surface area (Å²) in [7, 11) is 0. The lowest BCUT2D eigenvalue weighted by Crippen LogP contribution is -2.38. The molecule has 4 N–H and O–H groups in total. The molecule has 0 radical (unpaired) electrons. The molecule has 104 valence electrons. The van der Waals surface area contributed by atoms with E-state index in [4.69, 9.17) is 11.5 Å². The van der Waals surface area contributed by atoms with Gasteiger partial charge in [-0.3, -0.25) is 9.69 Å². The Morgan fingerprint density at radius 3 is 2.84 bits per heavy atom. The monoisotopic (exact) mass is 261 g/mol. The van der Waals surface area contributed by atoms with Crippen LogP contribution in [0, 0.1) is 5.92 Å². The van der Waals surface area contributed by atoms with E-state index in [-0.39, 0.29) is 5.91 Å². The van der Waals surface area contributed by atoms with E-state index in [1.165, 1.54) is 11.1 Å². The van der Waals surface area contributed by atoms with Crippen molar-refractivity contribution in [2.45, 2.75) is 32.7 Å². The van der Waals surface area contributed by atoms with Crippen molar-refractivity contribution in [2.24, 2.45) is 11.7 Å². The third kappa shape index (κ3) is 3.26. The number of carbonyl (C=O) groups excluding carboxylic acids is 1. The summed E-state index contributed by atoms with van der Waals surface area (Å²) in [4.78, 5) is 13.5. The standard InChI is InChI=1S/C15H23N3O/c1-10(2)8-18(9-15(17)19)14-6-3-11-7-12(16)4-5-13(11)14/h4-5,7,10,14H,3,6,8-9,16H2,1-2H3,(H2,17,19). The Kier molecular flexibility index (Phi) is 4.10. The summed E-state index contributed by atoms with van der Waals surface area (Å²) < 4.78 is 0. The molecule has 1 aliphatic rings. The lowest BCUT2D eigenvalue weighted by molar-refractivity contribution is -0.119. The van der Waals surface area contributed by atoms with Crippen LogP contribution in [-0.2, 0) is 11.2 Å². The quantitative estimate of drug-likeness (QED) is 0.792. The second kappa shape index (κ2) is 5.61. The number of aryl methyl sites for hydroxylation is 1. The van der Waals surface area contributed by atoms with Gasteiger partial charge in [-0.25, -0.2) is 0 Å². The fraction of sp³-hybridized carbons (Fsp3) is 0.533. The normalized spacial score (nSPS) is 18.0. The Morgan fingerprint density at radius 1 is 1.47 bits per heavy atom. The van der Waals surface area contributed by atoms with Gasteiger partial charge in [-0.15, -0.1) is 0 Å². The number of hydrogen-bond donors (Lipinski definition) is 2. The highest BCUT2D eigenvalue weighted by molar-refractivity contribution is 5.76. The summed E-state index contributed by atoms with van der Waals surface area (Å²) in [6.45, 7) is 5.53. The summed E-state index contributed by atoms with van der Waals surface area (Å²) in [5.74, 6) is 0.252. The Morgan fingerprint density at radius 2 is 2.21 bits per heavy atom. The molecular formula is C15H23N3O. The maximum absolute atomic E-state index is 11.3. The SMILES string of the molecule is CC(C)CN(CC(N)=O)C1CCc2cc(N)ccc21. The molecule has 4 nitrogen and oxygen atoms in total. The summed E-state index contributed by atoms with van der Waals surface area (Å²) in [6, 6.07) is 6.38. The fourth-order valence-corrected chi connectivity index (χ4v) is 2.97. The molecule has 1 aliphatic carbocycles. The van der Waals surface area contributed by atoms with Gasteiger partial charge in [0.15, 0.2) is 0 Å². The van der Waals surface area contributed by atoms with Crippen molar-refractivity contribution >= 4 is 11.6 Å². The number of carbonyl (C=O) groups is 1. The van der Waals surface area contributed by atoms with Crippen LogP contribution in [-0.4, -0.2) is 23.9 Å². The highest BCUT2D eigenvalue weighted by Crippen LogP contribution is 2.36. The number of primary amides is 1. The molecule has 4 heteroatoms. The van der Waals surface area contributed by atoms with E-state index in [1.54, 1.807) is 0 Å². The lowest BCUT2D eigenvalue weighted by atomic mass is 10.0. The zero-order chi connectivity index (χ0) is 14.0. The van der Waals surface area contributed by atoms with Gasteiger partial charge in [0.05, 0.1) is 6.54 Å². The minimum atomic E-state index is -0.260. The van der Waals surface area contributed by atoms with E-state index in [1.807, 2.05) is 12.1 Å². The van der Waals surface area contributed by atoms with Crippen molar-refractivity contribution in [2.75, 3.05) is 18.8 Å². The average Bonchev–Trinajstić information content (AvgIpc) is 2.69. The van der Waals surface area contributed by atoms with E-state index in [0.717, 1.165) is 25.1 Å². The van der Waals surface area contributed by atoms with Crippen molar-refractivity contribution in [3.05, 3.63) is 29.3 Å². The predicted molar refractivity (Wildman–Crippen MR) is 77.5 cm³/mol. The van der Waals surface area contributed by atoms with Crippen LogP contribution in [0.5, 0.6) is 0 Å². The Balaban J connectivity index is 2.22. The van der Waals surface area contributed by atoms with Gasteiger partial charge in [0.2, 0.25) is 5.91 Å². The van der Waals surface area contributed by atoms with Gasteiger partial charge in [-0.05, 0) is 42.0 Å². The molecule has 0 bridgehead atoms. The molecule has 1 unspecified atom stereocenters. The molecule has 0 fully saturated rings. The molecule has 0 saturated carbocycles. The van der Waals surface area contributed by atoms with Crippen molar-refractivity contribution in [1.29, 1.82) is 0 Å². The van der Waals surface area contributed by atoms with Gasteiger partial charge in [-0.2, -0.15) is 0 Å². The third-order valence-corrected chi connectivity index (χ3v) is 3.61. The minimum Gasteiger partial charge on any atom is -0.399 e. The Hall–Kier alpha value is -1.55. The van der Waals surface area contributed by atoms with Crippen molar-refractivity contribution in [3.8, 4) is 0 Å². The van der Waals surface area contributed by atoms with Gasteiger partial charge in [0.1, 0.15) is 0 Å². The number of fused-ring (bicyclic) bond motifs is 1. The molecule has 1 amide bonds. The first-order chi connectivity index (χ1) is 8.97. The van der Waals surface area contributed by atoms with E-state index < -0.39 is 0 Å². The third-order valence-electron chi connectivity index (χ3n) is 3.61. The molecule has 0 spiro atoms. The summed E-state index contributed by atoms with van der Waals surface area (Å²) >= 11 is 0. The number of nitrogen functional groups attached to an aromatic ring is 1. The van der Waals surface area contributed by atoms with Gasteiger partial charge in [-0.1, -0.05) is 19.9 Å². The topological polar surface area (TPSA) is 72.3 Å². The van der Waals surface area contributed by atoms with Crippen LogP contribution in [0.25, 0.3) is 0 Å². The molecule has 0 heterocycles. The zero-order valence-corrected chi connectivity index (χ0v) is 11.7. The van der Waals surface area contributed by atoms with Gasteiger partial charge in [0.25, 0.3) is 0 Å². The zero-order valence-electron chi connectivity index (χ0n) is 11.7. The van der Waals surface area contributed by atoms with Crippen LogP contribution in [0.2, 0.25) is 0 Å². The number of amides is 1. The predicted octanol–water partition coefficient (Wildman–Crippen LogP) is 1.70. The fourth-order valence-electron chi connectivity index (χ4n) is 2.97. The van der Waals surface area contributed by atoms with E-state index in [9.17, 15) is 4.79 Å². The molecule has 1 aromatic rings. The average molecular weight is 261 g/mol. The van der Waals surface area contributed by atoms with Crippen LogP contribution in [0.4, 0.5) is 5.69 Å².